The van der Waals surface area contributed by atoms with Crippen LogP contribution in [0.3, 0.4) is 0 Å². The minimum Gasteiger partial charge on any atom is -0.355 e. The third kappa shape index (κ3) is 8.14. The molecule has 9 heteroatoms. The Kier molecular flexibility index (Phi) is 7.90. The van der Waals surface area contributed by atoms with E-state index >= 15 is 0 Å². The number of nitrogens with one attached hydrogen (secondary N) is 3. The maximum atomic E-state index is 12.3. The minimum atomic E-state index is -3.67. The minimum absolute atomic E-state index is 0.178. The highest BCUT2D eigenvalue weighted by molar-refractivity contribution is 7.91. The number of benzene rings is 2. The largest absolute Gasteiger partial charge is 0.355 e. The van der Waals surface area contributed by atoms with Gasteiger partial charge >= 0.3 is 0 Å². The fraction of sp³-hybridized carbons (Fsp3) is 0.250. The van der Waals surface area contributed by atoms with Crippen molar-refractivity contribution in [2.24, 2.45) is 0 Å². The molecular formula is C20H23N3O5S. The summed E-state index contributed by atoms with van der Waals surface area (Å²) < 4.78 is 24.5. The van der Waals surface area contributed by atoms with Crippen molar-refractivity contribution < 1.29 is 22.8 Å². The molecule has 8 nitrogen and oxygen atoms in total. The second-order valence-electron chi connectivity index (χ2n) is 6.38. The lowest BCUT2D eigenvalue weighted by Crippen LogP contribution is -2.33. The van der Waals surface area contributed by atoms with Crippen molar-refractivity contribution in [3.8, 4) is 0 Å². The molecule has 0 unspecified atom stereocenters. The van der Waals surface area contributed by atoms with Crippen molar-refractivity contribution in [1.29, 1.82) is 0 Å². The molecule has 0 aliphatic rings. The van der Waals surface area contributed by atoms with Crippen LogP contribution >= 0.6 is 0 Å². The van der Waals surface area contributed by atoms with Crippen molar-refractivity contribution in [3.05, 3.63) is 65.7 Å². The number of rotatable bonds is 9. The fourth-order valence-electron chi connectivity index (χ4n) is 2.49. The number of carbonyl (C=O) groups is 3. The first-order valence-corrected chi connectivity index (χ1v) is 10.7. The van der Waals surface area contributed by atoms with Crippen LogP contribution in [-0.4, -0.2) is 45.0 Å². The topological polar surface area (TPSA) is 121 Å². The SMILES string of the molecule is CC(=O)NCCNC(=O)c1ccc(CS(=O)(=O)CC(=O)Nc2ccccc2)cc1. The summed E-state index contributed by atoms with van der Waals surface area (Å²) in [6.07, 6.45) is 0. The van der Waals surface area contributed by atoms with Crippen molar-refractivity contribution in [2.75, 3.05) is 24.2 Å². The molecule has 3 N–H and O–H groups in total. The first kappa shape index (κ1) is 22.1. The molecule has 0 saturated carbocycles. The van der Waals surface area contributed by atoms with E-state index in [0.717, 1.165) is 0 Å². The van der Waals surface area contributed by atoms with E-state index in [2.05, 4.69) is 16.0 Å². The lowest BCUT2D eigenvalue weighted by molar-refractivity contribution is -0.119. The van der Waals surface area contributed by atoms with Gasteiger partial charge in [-0.15, -0.1) is 0 Å². The second kappa shape index (κ2) is 10.4. The fourth-order valence-corrected chi connectivity index (χ4v) is 3.77. The van der Waals surface area contributed by atoms with E-state index in [1.54, 1.807) is 30.3 Å². The quantitative estimate of drug-likeness (QED) is 0.528. The Balaban J connectivity index is 1.86. The van der Waals surface area contributed by atoms with E-state index in [1.165, 1.54) is 31.2 Å². The molecule has 154 valence electrons. The summed E-state index contributed by atoms with van der Waals surface area (Å²) in [4.78, 5) is 34.7. The molecule has 0 atom stereocenters. The molecule has 0 radical (unpaired) electrons. The van der Waals surface area contributed by atoms with E-state index in [4.69, 9.17) is 0 Å². The van der Waals surface area contributed by atoms with E-state index in [-0.39, 0.29) is 24.1 Å². The molecule has 0 aromatic heterocycles. The maximum absolute atomic E-state index is 12.3. The first-order chi connectivity index (χ1) is 13.7. The summed E-state index contributed by atoms with van der Waals surface area (Å²) in [5.41, 5.74) is 1.38. The van der Waals surface area contributed by atoms with Gasteiger partial charge in [0, 0.05) is 31.3 Å². The molecule has 0 spiro atoms. The number of para-hydroxylation sites is 1. The monoisotopic (exact) mass is 417 g/mol. The van der Waals surface area contributed by atoms with Gasteiger partial charge < -0.3 is 16.0 Å². The summed E-state index contributed by atoms with van der Waals surface area (Å²) >= 11 is 0. The zero-order valence-corrected chi connectivity index (χ0v) is 16.8. The van der Waals surface area contributed by atoms with Crippen LogP contribution in [0.4, 0.5) is 5.69 Å². The predicted octanol–water partition coefficient (Wildman–Crippen LogP) is 1.11. The molecule has 29 heavy (non-hydrogen) atoms. The smallest absolute Gasteiger partial charge is 0.251 e. The number of anilines is 1. The molecule has 0 heterocycles. The van der Waals surface area contributed by atoms with Crippen LogP contribution in [0.5, 0.6) is 0 Å². The maximum Gasteiger partial charge on any atom is 0.251 e. The van der Waals surface area contributed by atoms with Crippen LogP contribution in [0, 0.1) is 0 Å². The van der Waals surface area contributed by atoms with Crippen molar-refractivity contribution in [1.82, 2.24) is 10.6 Å². The van der Waals surface area contributed by atoms with E-state index in [0.29, 0.717) is 23.4 Å². The molecule has 0 aliphatic carbocycles. The highest BCUT2D eigenvalue weighted by atomic mass is 32.2. The lowest BCUT2D eigenvalue weighted by Gasteiger charge is -2.08. The molecule has 0 aliphatic heterocycles. The van der Waals surface area contributed by atoms with Crippen molar-refractivity contribution >= 4 is 33.2 Å². The molecule has 2 rings (SSSR count). The van der Waals surface area contributed by atoms with Gasteiger partial charge in [0.05, 0.1) is 5.75 Å². The van der Waals surface area contributed by atoms with Gasteiger partial charge in [-0.3, -0.25) is 14.4 Å². The van der Waals surface area contributed by atoms with Gasteiger partial charge in [-0.05, 0) is 29.8 Å². The van der Waals surface area contributed by atoms with E-state index < -0.39 is 21.5 Å². The number of carbonyl (C=O) groups excluding carboxylic acids is 3. The predicted molar refractivity (Wildman–Crippen MR) is 110 cm³/mol. The zero-order valence-electron chi connectivity index (χ0n) is 16.0. The van der Waals surface area contributed by atoms with Crippen LogP contribution < -0.4 is 16.0 Å². The van der Waals surface area contributed by atoms with Crippen LogP contribution in [0.1, 0.15) is 22.8 Å². The molecule has 2 aromatic carbocycles. The molecule has 2 aromatic rings. The molecule has 3 amide bonds. The number of hydrogen-bond acceptors (Lipinski definition) is 5. The summed E-state index contributed by atoms with van der Waals surface area (Å²) in [6.45, 7) is 1.99. The number of hydrogen-bond donors (Lipinski definition) is 3. The zero-order chi connectivity index (χ0) is 21.3. The van der Waals surface area contributed by atoms with Gasteiger partial charge in [0.1, 0.15) is 5.75 Å². The van der Waals surface area contributed by atoms with Gasteiger partial charge in [0.25, 0.3) is 5.91 Å². The Labute approximate surface area is 169 Å². The van der Waals surface area contributed by atoms with Crippen LogP contribution in [0.15, 0.2) is 54.6 Å². The molecular weight excluding hydrogens is 394 g/mol. The first-order valence-electron chi connectivity index (χ1n) is 8.92. The van der Waals surface area contributed by atoms with Crippen molar-refractivity contribution in [3.63, 3.8) is 0 Å². The number of amides is 3. The number of sulfone groups is 1. The molecule has 0 fully saturated rings. The Morgan fingerprint density at radius 1 is 0.862 bits per heavy atom. The van der Waals surface area contributed by atoms with Gasteiger partial charge in [0.15, 0.2) is 9.84 Å². The summed E-state index contributed by atoms with van der Waals surface area (Å²) in [7, 11) is -3.67. The second-order valence-corrected chi connectivity index (χ2v) is 8.45. The van der Waals surface area contributed by atoms with Crippen LogP contribution in [0.25, 0.3) is 0 Å². The molecule has 0 saturated heterocycles. The standard InChI is InChI=1S/C20H23N3O5S/c1-15(24)21-11-12-22-20(26)17-9-7-16(8-10-17)13-29(27,28)14-19(25)23-18-5-3-2-4-6-18/h2-10H,11-14H2,1H3,(H,21,24)(H,22,26)(H,23,25). The van der Waals surface area contributed by atoms with Gasteiger partial charge in [-0.25, -0.2) is 8.42 Å². The normalized spacial score (nSPS) is 10.8. The Morgan fingerprint density at radius 3 is 2.10 bits per heavy atom. The summed E-state index contributed by atoms with van der Waals surface area (Å²) in [5, 5.41) is 7.75. The van der Waals surface area contributed by atoms with E-state index in [1.807, 2.05) is 0 Å². The third-order valence-corrected chi connectivity index (χ3v) is 5.27. The van der Waals surface area contributed by atoms with Gasteiger partial charge in [-0.2, -0.15) is 0 Å². The van der Waals surface area contributed by atoms with E-state index in [9.17, 15) is 22.8 Å². The third-order valence-electron chi connectivity index (χ3n) is 3.80. The Hall–Kier alpha value is -3.20. The van der Waals surface area contributed by atoms with Crippen LogP contribution in [0.2, 0.25) is 0 Å². The highest BCUT2D eigenvalue weighted by Crippen LogP contribution is 2.11. The van der Waals surface area contributed by atoms with Gasteiger partial charge in [0.2, 0.25) is 11.8 Å². The highest BCUT2D eigenvalue weighted by Gasteiger charge is 2.18. The summed E-state index contributed by atoms with van der Waals surface area (Å²) in [6, 6.07) is 14.7. The average molecular weight is 417 g/mol. The Bertz CT molecular complexity index is 957. The van der Waals surface area contributed by atoms with Crippen LogP contribution in [-0.2, 0) is 25.2 Å². The average Bonchev–Trinajstić information content (AvgIpc) is 2.65. The molecule has 0 bridgehead atoms. The Morgan fingerprint density at radius 2 is 1.48 bits per heavy atom. The summed E-state index contributed by atoms with van der Waals surface area (Å²) in [5.74, 6) is -2.05. The van der Waals surface area contributed by atoms with Crippen molar-refractivity contribution in [2.45, 2.75) is 12.7 Å². The lowest BCUT2D eigenvalue weighted by atomic mass is 10.1. The van der Waals surface area contributed by atoms with Gasteiger partial charge in [-0.1, -0.05) is 30.3 Å².